The van der Waals surface area contributed by atoms with Gasteiger partial charge in [0.25, 0.3) is 0 Å². The van der Waals surface area contributed by atoms with Crippen molar-refractivity contribution in [1.29, 1.82) is 0 Å². The maximum absolute atomic E-state index is 13.0. The van der Waals surface area contributed by atoms with E-state index in [-0.39, 0.29) is 23.3 Å². The van der Waals surface area contributed by atoms with Crippen LogP contribution in [0.3, 0.4) is 0 Å². The summed E-state index contributed by atoms with van der Waals surface area (Å²) in [5.41, 5.74) is 1.98. The monoisotopic (exact) mass is 468 g/mol. The summed E-state index contributed by atoms with van der Waals surface area (Å²) in [5.74, 6) is 0.999. The van der Waals surface area contributed by atoms with Crippen molar-refractivity contribution in [3.63, 3.8) is 0 Å². The zero-order chi connectivity index (χ0) is 23.4. The van der Waals surface area contributed by atoms with Crippen LogP contribution in [0.5, 0.6) is 5.75 Å². The number of ether oxygens (including phenoxy) is 1. The SMILES string of the molecule is COc1ccc(S(=O)(=O)N2CCCC(C(=O)NCc3ccc(-n4ccnc4C)cc3)C2)cc1. The molecule has 1 aromatic heterocycles. The highest BCUT2D eigenvalue weighted by atomic mass is 32.2. The molecule has 1 fully saturated rings. The number of amides is 1. The Morgan fingerprint density at radius 3 is 2.52 bits per heavy atom. The minimum absolute atomic E-state index is 0.126. The number of methoxy groups -OCH3 is 1. The zero-order valence-corrected chi connectivity index (χ0v) is 19.6. The number of nitrogens with zero attached hydrogens (tertiary/aromatic N) is 3. The highest BCUT2D eigenvalue weighted by molar-refractivity contribution is 7.89. The van der Waals surface area contributed by atoms with Gasteiger partial charge in [0.2, 0.25) is 15.9 Å². The summed E-state index contributed by atoms with van der Waals surface area (Å²) < 4.78 is 34.6. The van der Waals surface area contributed by atoms with E-state index in [9.17, 15) is 13.2 Å². The van der Waals surface area contributed by atoms with Crippen LogP contribution in [0, 0.1) is 12.8 Å². The highest BCUT2D eigenvalue weighted by Crippen LogP contribution is 2.25. The smallest absolute Gasteiger partial charge is 0.243 e. The van der Waals surface area contributed by atoms with Crippen LogP contribution in [0.1, 0.15) is 24.2 Å². The number of carbonyl (C=O) groups is 1. The van der Waals surface area contributed by atoms with E-state index in [1.807, 2.05) is 42.0 Å². The van der Waals surface area contributed by atoms with Gasteiger partial charge in [-0.25, -0.2) is 13.4 Å². The third-order valence-electron chi connectivity index (χ3n) is 5.96. The van der Waals surface area contributed by atoms with E-state index in [2.05, 4.69) is 10.3 Å². The first-order valence-electron chi connectivity index (χ1n) is 10.9. The summed E-state index contributed by atoms with van der Waals surface area (Å²) in [5, 5.41) is 2.97. The van der Waals surface area contributed by atoms with Crippen LogP contribution >= 0.6 is 0 Å². The Balaban J connectivity index is 1.36. The highest BCUT2D eigenvalue weighted by Gasteiger charge is 2.33. The first-order chi connectivity index (χ1) is 15.9. The summed E-state index contributed by atoms with van der Waals surface area (Å²) in [6, 6.07) is 14.2. The summed E-state index contributed by atoms with van der Waals surface area (Å²) in [6.45, 7) is 2.92. The average molecular weight is 469 g/mol. The van der Waals surface area contributed by atoms with Crippen LogP contribution in [0.4, 0.5) is 0 Å². The van der Waals surface area contributed by atoms with E-state index < -0.39 is 10.0 Å². The van der Waals surface area contributed by atoms with Crippen molar-refractivity contribution in [3.05, 3.63) is 72.3 Å². The summed E-state index contributed by atoms with van der Waals surface area (Å²) >= 11 is 0. The van der Waals surface area contributed by atoms with Gasteiger partial charge in [-0.05, 0) is 61.7 Å². The molecular formula is C24H28N4O4S. The van der Waals surface area contributed by atoms with Crippen LogP contribution in [0.2, 0.25) is 0 Å². The van der Waals surface area contributed by atoms with Crippen molar-refractivity contribution in [2.45, 2.75) is 31.2 Å². The third kappa shape index (κ3) is 5.09. The lowest BCUT2D eigenvalue weighted by atomic mass is 9.99. The average Bonchev–Trinajstić information content (AvgIpc) is 3.28. The molecule has 2 aromatic carbocycles. The Morgan fingerprint density at radius 2 is 1.88 bits per heavy atom. The van der Waals surface area contributed by atoms with Crippen LogP contribution in [-0.2, 0) is 21.4 Å². The van der Waals surface area contributed by atoms with Crippen molar-refractivity contribution in [3.8, 4) is 11.4 Å². The molecule has 1 saturated heterocycles. The fourth-order valence-corrected chi connectivity index (χ4v) is 5.55. The van der Waals surface area contributed by atoms with Gasteiger partial charge in [-0.2, -0.15) is 4.31 Å². The molecule has 0 saturated carbocycles. The molecule has 0 spiro atoms. The number of aromatic nitrogens is 2. The van der Waals surface area contributed by atoms with E-state index in [1.165, 1.54) is 23.5 Å². The van der Waals surface area contributed by atoms with Crippen molar-refractivity contribution >= 4 is 15.9 Å². The van der Waals surface area contributed by atoms with Gasteiger partial charge >= 0.3 is 0 Å². The van der Waals surface area contributed by atoms with Gasteiger partial charge in [0.05, 0.1) is 17.9 Å². The molecule has 1 unspecified atom stereocenters. The molecule has 1 N–H and O–H groups in total. The quantitative estimate of drug-likeness (QED) is 0.576. The molecule has 0 radical (unpaired) electrons. The number of imidazole rings is 1. The van der Waals surface area contributed by atoms with E-state index in [1.54, 1.807) is 18.3 Å². The summed E-state index contributed by atoms with van der Waals surface area (Å²) in [7, 11) is -2.13. The second kappa shape index (κ2) is 9.76. The fraction of sp³-hybridized carbons (Fsp3) is 0.333. The van der Waals surface area contributed by atoms with Crippen molar-refractivity contribution in [1.82, 2.24) is 19.2 Å². The number of nitrogens with one attached hydrogen (secondary N) is 1. The van der Waals surface area contributed by atoms with E-state index in [4.69, 9.17) is 4.74 Å². The van der Waals surface area contributed by atoms with Gasteiger partial charge in [-0.1, -0.05) is 12.1 Å². The van der Waals surface area contributed by atoms with E-state index in [0.717, 1.165) is 17.1 Å². The molecule has 1 aliphatic heterocycles. The van der Waals surface area contributed by atoms with Gasteiger partial charge in [0.1, 0.15) is 11.6 Å². The standard InChI is InChI=1S/C24H28N4O4S/c1-18-25-13-15-28(18)21-7-5-19(6-8-21)16-26-24(29)20-4-3-14-27(17-20)33(30,31)23-11-9-22(32-2)10-12-23/h5-13,15,20H,3-4,14,16-17H2,1-2H3,(H,26,29). The number of rotatable bonds is 7. The van der Waals surface area contributed by atoms with Crippen molar-refractivity contribution in [2.24, 2.45) is 5.92 Å². The molecule has 0 aliphatic carbocycles. The lowest BCUT2D eigenvalue weighted by Crippen LogP contribution is -2.45. The number of piperidine rings is 1. The van der Waals surface area contributed by atoms with Crippen LogP contribution in [0.25, 0.3) is 5.69 Å². The normalized spacial score (nSPS) is 17.0. The topological polar surface area (TPSA) is 93.5 Å². The lowest BCUT2D eigenvalue weighted by molar-refractivity contribution is -0.126. The predicted molar refractivity (Wildman–Crippen MR) is 125 cm³/mol. The molecule has 3 aromatic rings. The van der Waals surface area contributed by atoms with Crippen molar-refractivity contribution in [2.75, 3.05) is 20.2 Å². The molecule has 4 rings (SSSR count). The number of hydrogen-bond donors (Lipinski definition) is 1. The van der Waals surface area contributed by atoms with Crippen LogP contribution in [0.15, 0.2) is 65.8 Å². The molecule has 33 heavy (non-hydrogen) atoms. The number of benzene rings is 2. The Hall–Kier alpha value is -3.17. The van der Waals surface area contributed by atoms with Gasteiger partial charge in [-0.15, -0.1) is 0 Å². The molecule has 1 amide bonds. The molecule has 8 nitrogen and oxygen atoms in total. The van der Waals surface area contributed by atoms with Gasteiger partial charge in [-0.3, -0.25) is 4.79 Å². The Kier molecular flexibility index (Phi) is 6.80. The van der Waals surface area contributed by atoms with Crippen molar-refractivity contribution < 1.29 is 17.9 Å². The van der Waals surface area contributed by atoms with E-state index >= 15 is 0 Å². The van der Waals surface area contributed by atoms with Crippen LogP contribution in [-0.4, -0.2) is 48.4 Å². The summed E-state index contributed by atoms with van der Waals surface area (Å²) in [4.78, 5) is 17.2. The van der Waals surface area contributed by atoms with Gasteiger partial charge in [0, 0.05) is 37.7 Å². The molecule has 1 atom stereocenters. The van der Waals surface area contributed by atoms with Gasteiger partial charge < -0.3 is 14.6 Å². The second-order valence-electron chi connectivity index (χ2n) is 8.11. The number of sulfonamides is 1. The molecule has 1 aliphatic rings. The Labute approximate surface area is 194 Å². The summed E-state index contributed by atoms with van der Waals surface area (Å²) in [6.07, 6.45) is 4.97. The molecule has 0 bridgehead atoms. The molecule has 2 heterocycles. The first-order valence-corrected chi connectivity index (χ1v) is 12.3. The fourth-order valence-electron chi connectivity index (χ4n) is 4.03. The minimum atomic E-state index is -3.66. The Bertz CT molecular complexity index is 1200. The number of carbonyl (C=O) groups excluding carboxylic acids is 1. The largest absolute Gasteiger partial charge is 0.497 e. The number of hydrogen-bond acceptors (Lipinski definition) is 5. The Morgan fingerprint density at radius 1 is 1.15 bits per heavy atom. The zero-order valence-electron chi connectivity index (χ0n) is 18.8. The maximum atomic E-state index is 13.0. The van der Waals surface area contributed by atoms with Gasteiger partial charge in [0.15, 0.2) is 0 Å². The number of aryl methyl sites for hydroxylation is 1. The molecule has 9 heteroatoms. The first kappa shape index (κ1) is 23.0. The third-order valence-corrected chi connectivity index (χ3v) is 7.84. The second-order valence-corrected chi connectivity index (χ2v) is 10.0. The maximum Gasteiger partial charge on any atom is 0.243 e. The van der Waals surface area contributed by atoms with Crippen LogP contribution < -0.4 is 10.1 Å². The predicted octanol–water partition coefficient (Wildman–Crippen LogP) is 2.91. The minimum Gasteiger partial charge on any atom is -0.497 e. The molecular weight excluding hydrogens is 440 g/mol. The lowest BCUT2D eigenvalue weighted by Gasteiger charge is -2.31. The molecule has 174 valence electrons. The van der Waals surface area contributed by atoms with E-state index in [0.29, 0.717) is 31.7 Å².